The van der Waals surface area contributed by atoms with Crippen LogP contribution in [0.5, 0.6) is 5.75 Å². The van der Waals surface area contributed by atoms with Gasteiger partial charge in [0, 0.05) is 22.9 Å². The fourth-order valence-corrected chi connectivity index (χ4v) is 4.37. The van der Waals surface area contributed by atoms with Crippen LogP contribution in [0.4, 0.5) is 5.82 Å². The van der Waals surface area contributed by atoms with Crippen LogP contribution in [0.1, 0.15) is 27.8 Å². The van der Waals surface area contributed by atoms with Crippen molar-refractivity contribution in [2.24, 2.45) is 0 Å². The number of amides is 1. The first-order chi connectivity index (χ1) is 17.7. The van der Waals surface area contributed by atoms with Gasteiger partial charge in [0.05, 0.1) is 11.7 Å². The highest BCUT2D eigenvalue weighted by atomic mass is 16.5. The molecule has 9 nitrogen and oxygen atoms in total. The van der Waals surface area contributed by atoms with E-state index in [1.165, 1.54) is 16.9 Å². The number of hydrogen-bond acceptors (Lipinski definition) is 7. The zero-order valence-electron chi connectivity index (χ0n) is 20.7. The Morgan fingerprint density at radius 1 is 1.05 bits per heavy atom. The number of ether oxygens (including phenoxy) is 1. The van der Waals surface area contributed by atoms with Crippen LogP contribution >= 0.6 is 0 Å². The highest BCUT2D eigenvalue weighted by Gasteiger charge is 2.18. The number of fused-ring (bicyclic) bond motifs is 2. The van der Waals surface area contributed by atoms with Crippen molar-refractivity contribution in [1.82, 2.24) is 14.8 Å². The number of benzene rings is 2. The molecular formula is C28H23N5O4. The third-order valence-corrected chi connectivity index (χ3v) is 6.10. The maximum atomic E-state index is 12.8. The summed E-state index contributed by atoms with van der Waals surface area (Å²) in [7, 11) is 0. The minimum Gasteiger partial charge on any atom is -0.484 e. The molecule has 5 aromatic rings. The topological polar surface area (TPSA) is 123 Å². The van der Waals surface area contributed by atoms with E-state index in [0.29, 0.717) is 17.2 Å². The van der Waals surface area contributed by atoms with Crippen molar-refractivity contribution >= 4 is 33.6 Å². The van der Waals surface area contributed by atoms with Crippen molar-refractivity contribution in [3.05, 3.63) is 86.9 Å². The fourth-order valence-electron chi connectivity index (χ4n) is 4.37. The van der Waals surface area contributed by atoms with Gasteiger partial charge in [-0.25, -0.2) is 9.78 Å². The predicted molar refractivity (Wildman–Crippen MR) is 139 cm³/mol. The second-order valence-corrected chi connectivity index (χ2v) is 8.95. The summed E-state index contributed by atoms with van der Waals surface area (Å²) in [6.07, 6.45) is 1.38. The predicted octanol–water partition coefficient (Wildman–Crippen LogP) is 4.65. The van der Waals surface area contributed by atoms with E-state index in [1.54, 1.807) is 18.2 Å². The lowest BCUT2D eigenvalue weighted by atomic mass is 10.0. The van der Waals surface area contributed by atoms with Crippen molar-refractivity contribution in [3.8, 4) is 17.6 Å². The molecular weight excluding hydrogens is 470 g/mol. The van der Waals surface area contributed by atoms with Gasteiger partial charge in [0.25, 0.3) is 5.91 Å². The van der Waals surface area contributed by atoms with Crippen molar-refractivity contribution in [2.75, 3.05) is 11.9 Å². The fraction of sp³-hybridized carbons (Fsp3) is 0.179. The molecule has 0 fully saturated rings. The number of rotatable bonds is 5. The van der Waals surface area contributed by atoms with E-state index in [2.05, 4.69) is 28.6 Å². The molecule has 3 aromatic heterocycles. The zero-order valence-corrected chi connectivity index (χ0v) is 20.7. The number of carbonyl (C=O) groups is 1. The molecule has 1 amide bonds. The molecule has 0 spiro atoms. The molecule has 5 rings (SSSR count). The molecule has 0 unspecified atom stereocenters. The molecule has 1 N–H and O–H groups in total. The molecule has 0 aliphatic heterocycles. The first-order valence-electron chi connectivity index (χ1n) is 11.6. The Morgan fingerprint density at radius 3 is 2.62 bits per heavy atom. The van der Waals surface area contributed by atoms with Gasteiger partial charge in [-0.15, -0.1) is 0 Å². The number of carbonyl (C=O) groups excluding carboxylic acids is 1. The van der Waals surface area contributed by atoms with Crippen LogP contribution in [-0.4, -0.2) is 27.3 Å². The summed E-state index contributed by atoms with van der Waals surface area (Å²) >= 11 is 0. The van der Waals surface area contributed by atoms with E-state index >= 15 is 0 Å². The Morgan fingerprint density at radius 2 is 1.84 bits per heavy atom. The van der Waals surface area contributed by atoms with Gasteiger partial charge in [-0.05, 0) is 68.7 Å². The number of hydrogen-bond donors (Lipinski definition) is 1. The summed E-state index contributed by atoms with van der Waals surface area (Å²) in [6, 6.07) is 14.5. The van der Waals surface area contributed by atoms with Crippen molar-refractivity contribution in [3.63, 3.8) is 0 Å². The van der Waals surface area contributed by atoms with Crippen LogP contribution in [-0.2, 0) is 4.79 Å². The molecule has 0 atom stereocenters. The number of pyridine rings is 1. The summed E-state index contributed by atoms with van der Waals surface area (Å²) < 4.78 is 12.3. The van der Waals surface area contributed by atoms with Gasteiger partial charge in [-0.2, -0.15) is 15.0 Å². The number of anilines is 1. The van der Waals surface area contributed by atoms with Gasteiger partial charge >= 0.3 is 5.63 Å². The second-order valence-electron chi connectivity index (χ2n) is 8.95. The van der Waals surface area contributed by atoms with Crippen LogP contribution in [0.25, 0.3) is 27.7 Å². The highest BCUT2D eigenvalue weighted by Crippen LogP contribution is 2.27. The summed E-state index contributed by atoms with van der Waals surface area (Å²) in [5.41, 5.74) is 4.88. The Hall–Kier alpha value is -4.97. The highest BCUT2D eigenvalue weighted by molar-refractivity contribution is 5.93. The molecule has 0 bridgehead atoms. The summed E-state index contributed by atoms with van der Waals surface area (Å²) in [5.74, 6) is 0.554. The smallest absolute Gasteiger partial charge is 0.336 e. The van der Waals surface area contributed by atoms with E-state index in [0.717, 1.165) is 38.5 Å². The first-order valence-corrected chi connectivity index (χ1v) is 11.6. The van der Waals surface area contributed by atoms with Gasteiger partial charge in [0.15, 0.2) is 18.2 Å². The van der Waals surface area contributed by atoms with Gasteiger partial charge in [-0.1, -0.05) is 11.6 Å². The monoisotopic (exact) mass is 493 g/mol. The lowest BCUT2D eigenvalue weighted by molar-refractivity contribution is -0.118. The normalized spacial score (nSPS) is 11.0. The molecule has 37 heavy (non-hydrogen) atoms. The van der Waals surface area contributed by atoms with Crippen LogP contribution in [0.15, 0.2) is 57.9 Å². The van der Waals surface area contributed by atoms with Crippen molar-refractivity contribution < 1.29 is 13.9 Å². The Kier molecular flexibility index (Phi) is 5.93. The van der Waals surface area contributed by atoms with Crippen LogP contribution in [0.2, 0.25) is 0 Å². The standard InChI is InChI=1S/C28H23N5O4/c1-15-7-18(4)27-22(8-15)16(2)9-24(31-27)33-28(19(12-29)13-30-33)32-25(34)14-36-20-5-6-21-17(3)10-26(35)37-23(21)11-20/h5-11,13H,14H2,1-4H3,(H,32,34). The maximum absolute atomic E-state index is 12.8. The van der Waals surface area contributed by atoms with Crippen molar-refractivity contribution in [2.45, 2.75) is 27.7 Å². The number of nitrogens with one attached hydrogen (secondary N) is 1. The van der Waals surface area contributed by atoms with Gasteiger partial charge < -0.3 is 14.5 Å². The average Bonchev–Trinajstić information content (AvgIpc) is 3.25. The van der Waals surface area contributed by atoms with E-state index < -0.39 is 11.5 Å². The Balaban J connectivity index is 1.41. The second kappa shape index (κ2) is 9.24. The summed E-state index contributed by atoms with van der Waals surface area (Å²) in [4.78, 5) is 29.3. The van der Waals surface area contributed by atoms with Crippen molar-refractivity contribution in [1.29, 1.82) is 5.26 Å². The molecule has 0 saturated carbocycles. The van der Waals surface area contributed by atoms with Crippen LogP contribution in [0, 0.1) is 39.0 Å². The number of aryl methyl sites for hydroxylation is 4. The van der Waals surface area contributed by atoms with Gasteiger partial charge in [0.1, 0.15) is 23.0 Å². The molecule has 0 aliphatic carbocycles. The molecule has 2 aromatic carbocycles. The minimum atomic E-state index is -0.492. The zero-order chi connectivity index (χ0) is 26.3. The largest absolute Gasteiger partial charge is 0.484 e. The third-order valence-electron chi connectivity index (χ3n) is 6.10. The van der Waals surface area contributed by atoms with Crippen LogP contribution in [0.3, 0.4) is 0 Å². The lowest BCUT2D eigenvalue weighted by Crippen LogP contribution is -2.22. The lowest BCUT2D eigenvalue weighted by Gasteiger charge is -2.13. The van der Waals surface area contributed by atoms with Crippen LogP contribution < -0.4 is 15.7 Å². The number of aromatic nitrogens is 3. The molecule has 3 heterocycles. The average molecular weight is 494 g/mol. The summed E-state index contributed by atoms with van der Waals surface area (Å²) in [5, 5.41) is 18.5. The SMILES string of the molecule is Cc1cc(C)c2nc(-n3ncc(C#N)c3NC(=O)COc3ccc4c(C)cc(=O)oc4c3)cc(C)c2c1. The maximum Gasteiger partial charge on any atom is 0.336 e. The van der Waals surface area contributed by atoms with E-state index in [9.17, 15) is 14.9 Å². The number of nitriles is 1. The summed E-state index contributed by atoms with van der Waals surface area (Å²) in [6.45, 7) is 7.50. The quantitative estimate of drug-likeness (QED) is 0.354. The van der Waals surface area contributed by atoms with Gasteiger partial charge in [0.2, 0.25) is 0 Å². The molecule has 0 radical (unpaired) electrons. The van der Waals surface area contributed by atoms with E-state index in [-0.39, 0.29) is 18.0 Å². The third kappa shape index (κ3) is 4.52. The first kappa shape index (κ1) is 23.8. The number of nitrogens with zero attached hydrogens (tertiary/aromatic N) is 4. The van der Waals surface area contributed by atoms with E-state index in [4.69, 9.17) is 14.1 Å². The van der Waals surface area contributed by atoms with E-state index in [1.807, 2.05) is 33.8 Å². The molecule has 0 aliphatic rings. The molecule has 0 saturated heterocycles. The minimum absolute atomic E-state index is 0.191. The molecule has 184 valence electrons. The Bertz CT molecular complexity index is 1810. The molecule has 9 heteroatoms. The Labute approximate surface area is 211 Å². The van der Waals surface area contributed by atoms with Gasteiger partial charge in [-0.3, -0.25) is 4.79 Å².